The van der Waals surface area contributed by atoms with E-state index in [0.717, 1.165) is 31.5 Å². The number of phenolic OH excluding ortho intramolecular Hbond substituents is 1. The van der Waals surface area contributed by atoms with E-state index in [1.54, 1.807) is 19.2 Å². The lowest BCUT2D eigenvalue weighted by Gasteiger charge is -2.36. The van der Waals surface area contributed by atoms with Crippen LogP contribution in [0.3, 0.4) is 0 Å². The summed E-state index contributed by atoms with van der Waals surface area (Å²) in [5, 5.41) is 12.9. The Morgan fingerprint density at radius 3 is 2.92 bits per heavy atom. The van der Waals surface area contributed by atoms with Crippen molar-refractivity contribution in [1.82, 2.24) is 10.2 Å². The summed E-state index contributed by atoms with van der Waals surface area (Å²) >= 11 is 0. The van der Waals surface area contributed by atoms with Crippen LogP contribution < -0.4 is 15.8 Å². The molecule has 0 radical (unpaired) electrons. The minimum atomic E-state index is 0. The number of methoxy groups -OCH3 is 1. The van der Waals surface area contributed by atoms with Crippen LogP contribution in [0.25, 0.3) is 0 Å². The van der Waals surface area contributed by atoms with Gasteiger partial charge in [-0.05, 0) is 37.1 Å². The van der Waals surface area contributed by atoms with Gasteiger partial charge < -0.3 is 20.9 Å². The molecule has 1 aromatic carbocycles. The first-order valence-electron chi connectivity index (χ1n) is 8.20. The third-order valence-electron chi connectivity index (χ3n) is 4.28. The van der Waals surface area contributed by atoms with Gasteiger partial charge in [0.25, 0.3) is 0 Å². The molecule has 0 bridgehead atoms. The third kappa shape index (κ3) is 5.85. The number of nitrogens with one attached hydrogen (secondary N) is 1. The van der Waals surface area contributed by atoms with Crippen LogP contribution in [0, 0.1) is 0 Å². The lowest BCUT2D eigenvalue weighted by Crippen LogP contribution is -2.46. The number of carbonyl (C=O) groups excluding carboxylic acids is 1. The number of rotatable bonds is 7. The number of likely N-dealkylation sites (tertiary alicyclic amines) is 1. The van der Waals surface area contributed by atoms with Gasteiger partial charge in [-0.2, -0.15) is 0 Å². The van der Waals surface area contributed by atoms with Gasteiger partial charge in [0, 0.05) is 32.1 Å². The van der Waals surface area contributed by atoms with Gasteiger partial charge in [0.15, 0.2) is 11.5 Å². The second-order valence-electron chi connectivity index (χ2n) is 5.97. The number of nitrogens with two attached hydrogens (primary N) is 1. The van der Waals surface area contributed by atoms with Gasteiger partial charge in [0.1, 0.15) is 0 Å². The normalized spacial score (nSPS) is 17.8. The van der Waals surface area contributed by atoms with E-state index in [1.807, 2.05) is 6.07 Å². The minimum Gasteiger partial charge on any atom is -0.504 e. The maximum Gasteiger partial charge on any atom is 0.221 e. The minimum absolute atomic E-state index is 0. The van der Waals surface area contributed by atoms with Gasteiger partial charge in [-0.25, -0.2) is 0 Å². The molecule has 0 spiro atoms. The monoisotopic (exact) mass is 357 g/mol. The van der Waals surface area contributed by atoms with Crippen molar-refractivity contribution in [2.24, 2.45) is 5.73 Å². The van der Waals surface area contributed by atoms with Crippen molar-refractivity contribution < 1.29 is 14.6 Å². The summed E-state index contributed by atoms with van der Waals surface area (Å²) in [4.78, 5) is 14.0. The number of nitrogens with zero attached hydrogens (tertiary/aromatic N) is 1. The van der Waals surface area contributed by atoms with Crippen LogP contribution in [0.15, 0.2) is 18.2 Å². The van der Waals surface area contributed by atoms with E-state index in [9.17, 15) is 9.90 Å². The lowest BCUT2D eigenvalue weighted by molar-refractivity contribution is -0.121. The number of amides is 1. The standard InChI is InChI=1S/C17H27N3O3.ClH/c1-23-16-6-5-13(10-15(16)21)12-20-9-3-2-4-14(20)11-19-17(22)7-8-18;/h5-6,10,14,21H,2-4,7-9,11-12,18H2,1H3,(H,19,22);1H. The molecule has 7 heteroatoms. The highest BCUT2D eigenvalue weighted by molar-refractivity contribution is 5.85. The van der Waals surface area contributed by atoms with Crippen molar-refractivity contribution in [2.75, 3.05) is 26.7 Å². The van der Waals surface area contributed by atoms with Crippen molar-refractivity contribution >= 4 is 18.3 Å². The SMILES string of the molecule is COc1ccc(CN2CCCCC2CNC(=O)CCN)cc1O.Cl. The Morgan fingerprint density at radius 1 is 1.46 bits per heavy atom. The van der Waals surface area contributed by atoms with E-state index >= 15 is 0 Å². The number of aromatic hydroxyl groups is 1. The number of phenols is 1. The number of benzene rings is 1. The third-order valence-corrected chi connectivity index (χ3v) is 4.28. The second kappa shape index (κ2) is 10.4. The summed E-state index contributed by atoms with van der Waals surface area (Å²) in [5.41, 5.74) is 6.45. The van der Waals surface area contributed by atoms with Gasteiger partial charge in [-0.1, -0.05) is 12.5 Å². The molecule has 1 atom stereocenters. The van der Waals surface area contributed by atoms with Crippen molar-refractivity contribution in [3.8, 4) is 11.5 Å². The molecule has 24 heavy (non-hydrogen) atoms. The molecule has 1 unspecified atom stereocenters. The first-order chi connectivity index (χ1) is 11.1. The fourth-order valence-electron chi connectivity index (χ4n) is 3.02. The van der Waals surface area contributed by atoms with E-state index < -0.39 is 0 Å². The summed E-state index contributed by atoms with van der Waals surface area (Å²) in [6.45, 7) is 2.80. The van der Waals surface area contributed by atoms with Crippen LogP contribution in [-0.4, -0.2) is 48.7 Å². The molecular weight excluding hydrogens is 330 g/mol. The fraction of sp³-hybridized carbons (Fsp3) is 0.588. The van der Waals surface area contributed by atoms with Gasteiger partial charge in [0.2, 0.25) is 5.91 Å². The maximum absolute atomic E-state index is 11.6. The zero-order chi connectivity index (χ0) is 16.7. The second-order valence-corrected chi connectivity index (χ2v) is 5.97. The van der Waals surface area contributed by atoms with Crippen LogP contribution >= 0.6 is 12.4 Å². The highest BCUT2D eigenvalue weighted by Gasteiger charge is 2.23. The largest absolute Gasteiger partial charge is 0.504 e. The lowest BCUT2D eigenvalue weighted by atomic mass is 10.0. The summed E-state index contributed by atoms with van der Waals surface area (Å²) < 4.78 is 5.08. The number of ether oxygens (including phenoxy) is 1. The molecule has 6 nitrogen and oxygen atoms in total. The molecule has 136 valence electrons. The van der Waals surface area contributed by atoms with Crippen molar-refractivity contribution in [2.45, 2.75) is 38.3 Å². The first kappa shape index (κ1) is 20.5. The smallest absolute Gasteiger partial charge is 0.221 e. The summed E-state index contributed by atoms with van der Waals surface area (Å²) in [6, 6.07) is 5.83. The Labute approximate surface area is 149 Å². The Kier molecular flexibility index (Phi) is 8.89. The summed E-state index contributed by atoms with van der Waals surface area (Å²) in [5.74, 6) is 0.660. The highest BCUT2D eigenvalue weighted by Crippen LogP contribution is 2.28. The van der Waals surface area contributed by atoms with E-state index in [0.29, 0.717) is 31.3 Å². The maximum atomic E-state index is 11.6. The van der Waals surface area contributed by atoms with E-state index in [-0.39, 0.29) is 24.1 Å². The van der Waals surface area contributed by atoms with Gasteiger partial charge in [0.05, 0.1) is 7.11 Å². The topological polar surface area (TPSA) is 87.8 Å². The van der Waals surface area contributed by atoms with E-state index in [4.69, 9.17) is 10.5 Å². The molecular formula is C17H28ClN3O3. The predicted octanol–water partition coefficient (Wildman–Crippen LogP) is 1.64. The van der Waals surface area contributed by atoms with Gasteiger partial charge in [-0.3, -0.25) is 9.69 Å². The molecule has 1 aromatic rings. The average molecular weight is 358 g/mol. The molecule has 0 saturated carbocycles. The molecule has 0 aromatic heterocycles. The fourth-order valence-corrected chi connectivity index (χ4v) is 3.02. The van der Waals surface area contributed by atoms with Crippen LogP contribution in [-0.2, 0) is 11.3 Å². The Balaban J connectivity index is 0.00000288. The van der Waals surface area contributed by atoms with Crippen LogP contribution in [0.5, 0.6) is 11.5 Å². The number of hydrogen-bond acceptors (Lipinski definition) is 5. The summed E-state index contributed by atoms with van der Waals surface area (Å²) in [6.07, 6.45) is 3.79. The van der Waals surface area contributed by atoms with Crippen LogP contribution in [0.1, 0.15) is 31.2 Å². The molecule has 1 fully saturated rings. The predicted molar refractivity (Wildman–Crippen MR) is 96.6 cm³/mol. The zero-order valence-electron chi connectivity index (χ0n) is 14.2. The van der Waals surface area contributed by atoms with Crippen molar-refractivity contribution in [3.63, 3.8) is 0 Å². The average Bonchev–Trinajstić information content (AvgIpc) is 2.54. The molecule has 2 rings (SSSR count). The van der Waals surface area contributed by atoms with E-state index in [2.05, 4.69) is 10.2 Å². The van der Waals surface area contributed by atoms with Crippen molar-refractivity contribution in [1.29, 1.82) is 0 Å². The Bertz CT molecular complexity index is 528. The molecule has 1 amide bonds. The van der Waals surface area contributed by atoms with Crippen LogP contribution in [0.4, 0.5) is 0 Å². The molecule has 4 N–H and O–H groups in total. The van der Waals surface area contributed by atoms with Gasteiger partial charge >= 0.3 is 0 Å². The molecule has 1 heterocycles. The molecule has 1 aliphatic heterocycles. The van der Waals surface area contributed by atoms with Crippen LogP contribution in [0.2, 0.25) is 0 Å². The Hall–Kier alpha value is -1.50. The quantitative estimate of drug-likeness (QED) is 0.690. The first-order valence-corrected chi connectivity index (χ1v) is 8.20. The Morgan fingerprint density at radius 2 is 2.25 bits per heavy atom. The summed E-state index contributed by atoms with van der Waals surface area (Å²) in [7, 11) is 1.54. The number of hydrogen-bond donors (Lipinski definition) is 3. The van der Waals surface area contributed by atoms with Gasteiger partial charge in [-0.15, -0.1) is 12.4 Å². The van der Waals surface area contributed by atoms with Crippen molar-refractivity contribution in [3.05, 3.63) is 23.8 Å². The number of halogens is 1. The molecule has 1 saturated heterocycles. The molecule has 1 aliphatic rings. The highest BCUT2D eigenvalue weighted by atomic mass is 35.5. The molecule has 0 aliphatic carbocycles. The van der Waals surface area contributed by atoms with E-state index in [1.165, 1.54) is 6.42 Å². The number of piperidine rings is 1. The zero-order valence-corrected chi connectivity index (χ0v) is 15.0. The number of carbonyl (C=O) groups is 1.